The van der Waals surface area contributed by atoms with Crippen LogP contribution in [-0.2, 0) is 14.2 Å². The highest BCUT2D eigenvalue weighted by atomic mass is 16.6. The Morgan fingerprint density at radius 1 is 0.639 bits per heavy atom. The van der Waals surface area contributed by atoms with Gasteiger partial charge in [0.1, 0.15) is 16.8 Å². The molecule has 0 saturated carbocycles. The van der Waals surface area contributed by atoms with E-state index in [1.165, 1.54) is 0 Å². The molecule has 0 spiro atoms. The lowest BCUT2D eigenvalue weighted by Crippen LogP contribution is -2.33. The van der Waals surface area contributed by atoms with Crippen LogP contribution < -0.4 is 16.0 Å². The van der Waals surface area contributed by atoms with Crippen LogP contribution in [0.1, 0.15) is 81.6 Å². The molecule has 0 saturated heterocycles. The summed E-state index contributed by atoms with van der Waals surface area (Å²) in [5.41, 5.74) is -0.978. The van der Waals surface area contributed by atoms with Crippen molar-refractivity contribution in [3.05, 3.63) is 11.6 Å². The van der Waals surface area contributed by atoms with Gasteiger partial charge in [-0.2, -0.15) is 0 Å². The first kappa shape index (κ1) is 32.7. The van der Waals surface area contributed by atoms with Gasteiger partial charge in [0, 0.05) is 38.0 Å². The molecule has 3 N–H and O–H groups in total. The van der Waals surface area contributed by atoms with Crippen LogP contribution in [-0.4, -0.2) is 54.7 Å². The number of nitrogens with one attached hydrogen (secondary N) is 3. The Kier molecular flexibility index (Phi) is 14.2. The minimum absolute atomic E-state index is 0.327. The maximum atomic E-state index is 11.9. The molecule has 0 aromatic carbocycles. The molecule has 0 heterocycles. The summed E-state index contributed by atoms with van der Waals surface area (Å²) in [5, 5.41) is 8.00. The van der Waals surface area contributed by atoms with Crippen LogP contribution in [0.3, 0.4) is 0 Å². The third kappa shape index (κ3) is 22.5. The van der Waals surface area contributed by atoms with Gasteiger partial charge in [-0.15, -0.1) is 0 Å². The topological polar surface area (TPSA) is 115 Å². The lowest BCUT2D eigenvalue weighted by molar-refractivity contribution is 0.0517. The second-order valence-corrected chi connectivity index (χ2v) is 10.8. The fourth-order valence-corrected chi connectivity index (χ4v) is 2.25. The Balaban J connectivity index is 4.86. The van der Waals surface area contributed by atoms with Crippen molar-refractivity contribution >= 4 is 18.3 Å². The number of hydrogen-bond acceptors (Lipinski definition) is 6. The maximum Gasteiger partial charge on any atom is 0.407 e. The standard InChI is InChI=1S/C27H43N3O6/c1-25(2,3)34-22(31)28-18-13-10-11-15-21(17-20-30-24(33)36-27(7,8)9)16-12-14-19-29-23(32)35-26(4,5)6/h15H,13-14,17-20H2,1-9H3,(H,28,31)(H,29,32)(H,30,33)/b21-15-. The summed E-state index contributed by atoms with van der Waals surface area (Å²) in [7, 11) is 0. The maximum absolute atomic E-state index is 11.9. The summed E-state index contributed by atoms with van der Waals surface area (Å²) in [6.45, 7) is 17.2. The van der Waals surface area contributed by atoms with E-state index in [1.54, 1.807) is 68.4 Å². The van der Waals surface area contributed by atoms with Crippen molar-refractivity contribution in [3.8, 4) is 23.7 Å². The van der Waals surface area contributed by atoms with E-state index in [1.807, 2.05) is 0 Å². The van der Waals surface area contributed by atoms with Gasteiger partial charge in [-0.05, 0) is 74.8 Å². The Bertz CT molecular complexity index is 881. The number of amides is 3. The van der Waals surface area contributed by atoms with Gasteiger partial charge in [-0.3, -0.25) is 0 Å². The number of hydrogen-bond donors (Lipinski definition) is 3. The van der Waals surface area contributed by atoms with Crippen LogP contribution >= 0.6 is 0 Å². The minimum Gasteiger partial charge on any atom is -0.444 e. The summed E-state index contributed by atoms with van der Waals surface area (Å²) >= 11 is 0. The molecule has 0 radical (unpaired) electrons. The monoisotopic (exact) mass is 505 g/mol. The summed E-state index contributed by atoms with van der Waals surface area (Å²) in [4.78, 5) is 35.2. The highest BCUT2D eigenvalue weighted by Crippen LogP contribution is 2.08. The van der Waals surface area contributed by atoms with Gasteiger partial charge in [0.15, 0.2) is 0 Å². The van der Waals surface area contributed by atoms with Crippen molar-refractivity contribution in [3.63, 3.8) is 0 Å². The molecule has 36 heavy (non-hydrogen) atoms. The quantitative estimate of drug-likeness (QED) is 0.263. The van der Waals surface area contributed by atoms with Crippen molar-refractivity contribution in [1.82, 2.24) is 16.0 Å². The van der Waals surface area contributed by atoms with Crippen LogP contribution in [0.15, 0.2) is 11.6 Å². The molecule has 0 rings (SSSR count). The first-order chi connectivity index (χ1) is 16.5. The Hall–Kier alpha value is -3.33. The fraction of sp³-hybridized carbons (Fsp3) is 0.667. The molecule has 0 aliphatic rings. The van der Waals surface area contributed by atoms with E-state index in [9.17, 15) is 14.4 Å². The zero-order chi connectivity index (χ0) is 27.8. The zero-order valence-corrected chi connectivity index (χ0v) is 23.3. The Morgan fingerprint density at radius 2 is 1.03 bits per heavy atom. The second kappa shape index (κ2) is 15.6. The van der Waals surface area contributed by atoms with Crippen LogP contribution in [0.5, 0.6) is 0 Å². The van der Waals surface area contributed by atoms with Gasteiger partial charge in [-0.25, -0.2) is 14.4 Å². The number of ether oxygens (including phenoxy) is 3. The molecule has 0 aliphatic carbocycles. The van der Waals surface area contributed by atoms with E-state index in [2.05, 4.69) is 39.6 Å². The number of allylic oxidation sites excluding steroid dienone is 1. The molecule has 0 bridgehead atoms. The van der Waals surface area contributed by atoms with Crippen molar-refractivity contribution in [2.45, 2.75) is 98.4 Å². The molecular weight excluding hydrogens is 462 g/mol. The largest absolute Gasteiger partial charge is 0.444 e. The van der Waals surface area contributed by atoms with E-state index in [4.69, 9.17) is 14.2 Å². The van der Waals surface area contributed by atoms with Crippen molar-refractivity contribution in [2.24, 2.45) is 0 Å². The molecule has 0 aliphatic heterocycles. The van der Waals surface area contributed by atoms with Gasteiger partial charge < -0.3 is 30.2 Å². The van der Waals surface area contributed by atoms with Crippen molar-refractivity contribution in [1.29, 1.82) is 0 Å². The Labute approximate surface area is 216 Å². The van der Waals surface area contributed by atoms with Crippen molar-refractivity contribution < 1.29 is 28.6 Å². The van der Waals surface area contributed by atoms with E-state index in [0.717, 1.165) is 5.57 Å². The lowest BCUT2D eigenvalue weighted by Gasteiger charge is -2.19. The Morgan fingerprint density at radius 3 is 1.44 bits per heavy atom. The molecule has 0 atom stereocenters. The van der Waals surface area contributed by atoms with Gasteiger partial charge >= 0.3 is 18.3 Å². The van der Waals surface area contributed by atoms with Gasteiger partial charge in [0.05, 0.1) is 0 Å². The van der Waals surface area contributed by atoms with Crippen LogP contribution in [0.2, 0.25) is 0 Å². The molecule has 202 valence electrons. The van der Waals surface area contributed by atoms with Crippen LogP contribution in [0, 0.1) is 23.7 Å². The van der Waals surface area contributed by atoms with Crippen molar-refractivity contribution in [2.75, 3.05) is 19.6 Å². The summed E-state index contributed by atoms with van der Waals surface area (Å²) < 4.78 is 15.6. The second-order valence-electron chi connectivity index (χ2n) is 10.8. The predicted molar refractivity (Wildman–Crippen MR) is 140 cm³/mol. The molecular formula is C27H43N3O6. The molecule has 0 unspecified atom stereocenters. The van der Waals surface area contributed by atoms with Gasteiger partial charge in [0.25, 0.3) is 0 Å². The number of carbonyl (C=O) groups is 3. The highest BCUT2D eigenvalue weighted by Gasteiger charge is 2.17. The van der Waals surface area contributed by atoms with Crippen LogP contribution in [0.4, 0.5) is 14.4 Å². The lowest BCUT2D eigenvalue weighted by atomic mass is 10.1. The smallest absolute Gasteiger partial charge is 0.407 e. The molecule has 9 heteroatoms. The van der Waals surface area contributed by atoms with Crippen LogP contribution in [0.25, 0.3) is 0 Å². The SMILES string of the molecule is CC(C)(C)OC(=O)NCCC#C/C=C(/C#CCCNC(=O)OC(C)(C)C)CCNC(=O)OC(C)(C)C. The van der Waals surface area contributed by atoms with E-state index < -0.39 is 35.1 Å². The highest BCUT2D eigenvalue weighted by molar-refractivity contribution is 5.68. The zero-order valence-electron chi connectivity index (χ0n) is 23.3. The summed E-state index contributed by atoms with van der Waals surface area (Å²) in [6.07, 6.45) is 1.51. The number of rotatable bonds is 7. The average molecular weight is 506 g/mol. The van der Waals surface area contributed by atoms with E-state index >= 15 is 0 Å². The molecule has 0 aromatic rings. The molecule has 0 aromatic heterocycles. The van der Waals surface area contributed by atoms with E-state index in [-0.39, 0.29) is 0 Å². The molecule has 9 nitrogen and oxygen atoms in total. The first-order valence-electron chi connectivity index (χ1n) is 12.0. The summed E-state index contributed by atoms with van der Waals surface area (Å²) in [5.74, 6) is 11.9. The normalized spacial score (nSPS) is 11.6. The summed E-state index contributed by atoms with van der Waals surface area (Å²) in [6, 6.07) is 0. The van der Waals surface area contributed by atoms with E-state index in [0.29, 0.717) is 38.9 Å². The van der Waals surface area contributed by atoms with Gasteiger partial charge in [0.2, 0.25) is 0 Å². The predicted octanol–water partition coefficient (Wildman–Crippen LogP) is 4.66. The minimum atomic E-state index is -0.581. The average Bonchev–Trinajstić information content (AvgIpc) is 2.65. The molecule has 0 fully saturated rings. The third-order valence-electron chi connectivity index (χ3n) is 3.50. The van der Waals surface area contributed by atoms with Gasteiger partial charge in [-0.1, -0.05) is 23.7 Å². The number of carbonyl (C=O) groups excluding carboxylic acids is 3. The molecule has 3 amide bonds. The number of alkyl carbamates (subject to hydrolysis) is 3. The fourth-order valence-electron chi connectivity index (χ4n) is 2.25. The first-order valence-corrected chi connectivity index (χ1v) is 12.0. The third-order valence-corrected chi connectivity index (χ3v) is 3.50.